The average Bonchev–Trinajstić information content (AvgIpc) is 3.12. The fourth-order valence-corrected chi connectivity index (χ4v) is 3.97. The molecule has 4 nitrogen and oxygen atoms in total. The average molecular weight is 405 g/mol. The van der Waals surface area contributed by atoms with E-state index in [1.807, 2.05) is 43.0 Å². The lowest BCUT2D eigenvalue weighted by Gasteiger charge is -2.29. The van der Waals surface area contributed by atoms with Crippen LogP contribution in [-0.2, 0) is 11.3 Å². The number of halogens is 1. The number of thiocarbonyl (C=S) groups is 1. The molecule has 0 unspecified atom stereocenters. The molecule has 27 heavy (non-hydrogen) atoms. The fourth-order valence-electron chi connectivity index (χ4n) is 3.36. The summed E-state index contributed by atoms with van der Waals surface area (Å²) >= 11 is 12.1. The number of ether oxygens (including phenoxy) is 1. The number of anilines is 1. The number of aryl methyl sites for hydroxylation is 2. The van der Waals surface area contributed by atoms with Crippen molar-refractivity contribution in [2.75, 3.05) is 18.5 Å². The van der Waals surface area contributed by atoms with Gasteiger partial charge in [0.05, 0.1) is 16.8 Å². The van der Waals surface area contributed by atoms with Crippen LogP contribution >= 0.6 is 23.8 Å². The molecule has 0 saturated carbocycles. The number of aromatic hydroxyl groups is 1. The Bertz CT molecular complexity index is 799. The van der Waals surface area contributed by atoms with Crippen molar-refractivity contribution >= 4 is 34.6 Å². The second-order valence-electron chi connectivity index (χ2n) is 7.01. The third-order valence-electron chi connectivity index (χ3n) is 4.75. The summed E-state index contributed by atoms with van der Waals surface area (Å²) in [6.07, 6.45) is 2.23. The molecule has 1 heterocycles. The lowest BCUT2D eigenvalue weighted by atomic mass is 10.1. The van der Waals surface area contributed by atoms with Gasteiger partial charge < -0.3 is 20.1 Å². The predicted molar refractivity (Wildman–Crippen MR) is 115 cm³/mol. The Balaban J connectivity index is 1.81. The molecule has 0 aliphatic carbocycles. The molecule has 2 aromatic rings. The van der Waals surface area contributed by atoms with Crippen LogP contribution in [0.5, 0.6) is 5.75 Å². The SMILES string of the molecule is Cc1cc(C)c(NC(=S)N(Cc2ccccc2O)C[C@H]2CCCO2)c(Cl)c1. The predicted octanol–water partition coefficient (Wildman–Crippen LogP) is 5.04. The van der Waals surface area contributed by atoms with Crippen molar-refractivity contribution in [3.63, 3.8) is 0 Å². The Morgan fingerprint density at radius 2 is 2.11 bits per heavy atom. The molecule has 2 aromatic carbocycles. The molecule has 1 fully saturated rings. The van der Waals surface area contributed by atoms with Crippen molar-refractivity contribution in [1.82, 2.24) is 4.90 Å². The molecule has 0 amide bonds. The smallest absolute Gasteiger partial charge is 0.173 e. The Morgan fingerprint density at radius 3 is 2.78 bits per heavy atom. The van der Waals surface area contributed by atoms with Crippen LogP contribution in [0.4, 0.5) is 5.69 Å². The summed E-state index contributed by atoms with van der Waals surface area (Å²) in [6, 6.07) is 11.3. The largest absolute Gasteiger partial charge is 0.508 e. The van der Waals surface area contributed by atoms with E-state index in [2.05, 4.69) is 11.4 Å². The molecular formula is C21H25ClN2O2S. The van der Waals surface area contributed by atoms with Crippen molar-refractivity contribution in [2.45, 2.75) is 39.3 Å². The van der Waals surface area contributed by atoms with Crippen LogP contribution in [-0.4, -0.2) is 34.4 Å². The minimum atomic E-state index is 0.144. The van der Waals surface area contributed by atoms with E-state index < -0.39 is 0 Å². The summed E-state index contributed by atoms with van der Waals surface area (Å²) in [5, 5.41) is 14.7. The summed E-state index contributed by atoms with van der Waals surface area (Å²) < 4.78 is 5.80. The lowest BCUT2D eigenvalue weighted by Crippen LogP contribution is -2.39. The molecule has 3 rings (SSSR count). The van der Waals surface area contributed by atoms with Gasteiger partial charge in [-0.3, -0.25) is 0 Å². The van der Waals surface area contributed by atoms with E-state index in [4.69, 9.17) is 28.6 Å². The maximum Gasteiger partial charge on any atom is 0.173 e. The molecule has 1 atom stereocenters. The van der Waals surface area contributed by atoms with Gasteiger partial charge in [0.15, 0.2) is 5.11 Å². The molecular weight excluding hydrogens is 380 g/mol. The molecule has 6 heteroatoms. The highest BCUT2D eigenvalue weighted by Crippen LogP contribution is 2.28. The Morgan fingerprint density at radius 1 is 1.33 bits per heavy atom. The van der Waals surface area contributed by atoms with Crippen molar-refractivity contribution < 1.29 is 9.84 Å². The monoisotopic (exact) mass is 404 g/mol. The Hall–Kier alpha value is -1.82. The number of hydrogen-bond donors (Lipinski definition) is 2. The van der Waals surface area contributed by atoms with Gasteiger partial charge in [-0.25, -0.2) is 0 Å². The fraction of sp³-hybridized carbons (Fsp3) is 0.381. The molecule has 2 N–H and O–H groups in total. The first-order chi connectivity index (χ1) is 12.9. The summed E-state index contributed by atoms with van der Waals surface area (Å²) in [5.74, 6) is 0.266. The number of hydrogen-bond acceptors (Lipinski definition) is 3. The van der Waals surface area contributed by atoms with Crippen molar-refractivity contribution in [3.8, 4) is 5.75 Å². The zero-order valence-electron chi connectivity index (χ0n) is 15.7. The standard InChI is InChI=1S/C21H25ClN2O2S/c1-14-10-15(2)20(18(22)11-14)23-21(27)24(13-17-7-5-9-26-17)12-16-6-3-4-8-19(16)25/h3-4,6,8,10-11,17,25H,5,7,9,12-13H2,1-2H3,(H,23,27)/t17-/m1/s1. The van der Waals surface area contributed by atoms with E-state index in [0.29, 0.717) is 23.2 Å². The Kier molecular flexibility index (Phi) is 6.58. The second kappa shape index (κ2) is 8.91. The Labute approximate surface area is 171 Å². The number of benzene rings is 2. The van der Waals surface area contributed by atoms with Gasteiger partial charge in [-0.2, -0.15) is 0 Å². The van der Waals surface area contributed by atoms with Crippen molar-refractivity contribution in [3.05, 3.63) is 58.1 Å². The number of phenolic OH excluding ortho intramolecular Hbond substituents is 1. The van der Waals surface area contributed by atoms with Gasteiger partial charge in [0.1, 0.15) is 5.75 Å². The van der Waals surface area contributed by atoms with E-state index in [1.165, 1.54) is 0 Å². The van der Waals surface area contributed by atoms with E-state index >= 15 is 0 Å². The highest BCUT2D eigenvalue weighted by Gasteiger charge is 2.22. The maximum absolute atomic E-state index is 10.2. The molecule has 0 aromatic heterocycles. The van der Waals surface area contributed by atoms with Crippen LogP contribution in [0.3, 0.4) is 0 Å². The molecule has 0 spiro atoms. The van der Waals surface area contributed by atoms with E-state index in [-0.39, 0.29) is 11.9 Å². The first kappa shape index (κ1) is 19.9. The van der Waals surface area contributed by atoms with Gasteiger partial charge in [-0.05, 0) is 62.2 Å². The first-order valence-corrected chi connectivity index (χ1v) is 9.94. The number of nitrogens with one attached hydrogen (secondary N) is 1. The van der Waals surface area contributed by atoms with Gasteiger partial charge in [-0.1, -0.05) is 35.9 Å². The van der Waals surface area contributed by atoms with E-state index in [9.17, 15) is 5.11 Å². The molecule has 0 radical (unpaired) electrons. The van der Waals surface area contributed by atoms with Gasteiger partial charge in [0, 0.05) is 25.3 Å². The number of rotatable bonds is 5. The maximum atomic E-state index is 10.2. The molecule has 1 aliphatic rings. The van der Waals surface area contributed by atoms with Gasteiger partial charge in [0.25, 0.3) is 0 Å². The second-order valence-corrected chi connectivity index (χ2v) is 7.81. The molecule has 1 saturated heterocycles. The van der Waals surface area contributed by atoms with E-state index in [0.717, 1.165) is 41.8 Å². The number of para-hydroxylation sites is 1. The number of phenols is 1. The van der Waals surface area contributed by atoms with Crippen LogP contribution in [0.25, 0.3) is 0 Å². The molecule has 0 bridgehead atoms. The summed E-state index contributed by atoms with van der Waals surface area (Å²) in [5.41, 5.74) is 3.80. The highest BCUT2D eigenvalue weighted by molar-refractivity contribution is 7.80. The first-order valence-electron chi connectivity index (χ1n) is 9.15. The normalized spacial score (nSPS) is 16.3. The van der Waals surface area contributed by atoms with Gasteiger partial charge in [-0.15, -0.1) is 0 Å². The molecule has 144 valence electrons. The van der Waals surface area contributed by atoms with Crippen LogP contribution in [0.2, 0.25) is 5.02 Å². The van der Waals surface area contributed by atoms with Crippen LogP contribution < -0.4 is 5.32 Å². The van der Waals surface area contributed by atoms with E-state index in [1.54, 1.807) is 6.07 Å². The quantitative estimate of drug-likeness (QED) is 0.683. The summed E-state index contributed by atoms with van der Waals surface area (Å²) in [4.78, 5) is 2.04. The lowest BCUT2D eigenvalue weighted by molar-refractivity contribution is 0.0904. The highest BCUT2D eigenvalue weighted by atomic mass is 35.5. The van der Waals surface area contributed by atoms with Gasteiger partial charge >= 0.3 is 0 Å². The van der Waals surface area contributed by atoms with Crippen LogP contribution in [0, 0.1) is 13.8 Å². The van der Waals surface area contributed by atoms with Crippen LogP contribution in [0.1, 0.15) is 29.5 Å². The topological polar surface area (TPSA) is 44.7 Å². The zero-order chi connectivity index (χ0) is 19.4. The summed E-state index contributed by atoms with van der Waals surface area (Å²) in [7, 11) is 0. The minimum absolute atomic E-state index is 0.144. The number of nitrogens with zero attached hydrogens (tertiary/aromatic N) is 1. The third kappa shape index (κ3) is 5.12. The zero-order valence-corrected chi connectivity index (χ0v) is 17.2. The van der Waals surface area contributed by atoms with Crippen LogP contribution in [0.15, 0.2) is 36.4 Å². The van der Waals surface area contributed by atoms with Crippen molar-refractivity contribution in [1.29, 1.82) is 0 Å². The molecule has 1 aliphatic heterocycles. The summed E-state index contributed by atoms with van der Waals surface area (Å²) in [6.45, 7) is 5.99. The van der Waals surface area contributed by atoms with Crippen molar-refractivity contribution in [2.24, 2.45) is 0 Å². The third-order valence-corrected chi connectivity index (χ3v) is 5.41. The van der Waals surface area contributed by atoms with Gasteiger partial charge in [0.2, 0.25) is 0 Å². The minimum Gasteiger partial charge on any atom is -0.508 e.